The van der Waals surface area contributed by atoms with E-state index in [0.717, 1.165) is 30.0 Å². The van der Waals surface area contributed by atoms with Crippen molar-refractivity contribution in [2.24, 2.45) is 18.1 Å². The van der Waals surface area contributed by atoms with Crippen LogP contribution in [-0.2, 0) is 11.9 Å². The molecule has 0 spiro atoms. The molecule has 2 heterocycles. The molecule has 2 aliphatic rings. The summed E-state index contributed by atoms with van der Waals surface area (Å²) in [5.74, 6) is 1.93. The van der Waals surface area contributed by atoms with Crippen molar-refractivity contribution in [1.82, 2.24) is 14.7 Å². The maximum Gasteiger partial charge on any atom is 0.119 e. The van der Waals surface area contributed by atoms with E-state index in [0.29, 0.717) is 17.9 Å². The van der Waals surface area contributed by atoms with Gasteiger partial charge >= 0.3 is 0 Å². The molecule has 3 aromatic rings. The number of likely N-dealkylation sites (tertiary alicyclic amines) is 1. The highest BCUT2D eigenvalue weighted by molar-refractivity contribution is 6.04. The molecule has 2 fully saturated rings. The minimum Gasteiger partial charge on any atom is -0.497 e. The van der Waals surface area contributed by atoms with E-state index in [9.17, 15) is 0 Å². The van der Waals surface area contributed by atoms with Gasteiger partial charge in [0.2, 0.25) is 0 Å². The molecule has 1 saturated carbocycles. The first kappa shape index (κ1) is 22.9. The van der Waals surface area contributed by atoms with Crippen molar-refractivity contribution < 1.29 is 9.57 Å². The SMILES string of the molecule is CO/N=C(/c1ccc2cc(OC)ccc2c1)C1CCCN(C2CCC(c3cnn(C)c3)CC2)C1. The standard InChI is InChI=1S/C28H36N4O2/c1-31-18-25(17-29-31)20-8-11-26(12-9-20)32-14-4-5-24(19-32)28(30-34-3)23-7-6-22-16-27(33-2)13-10-21(22)15-23/h6-7,10,13,15-18,20,24,26H,4-5,8-9,11-12,14,19H2,1-3H3/b30-28-. The van der Waals surface area contributed by atoms with E-state index >= 15 is 0 Å². The van der Waals surface area contributed by atoms with Crippen LogP contribution in [0, 0.1) is 5.92 Å². The largest absolute Gasteiger partial charge is 0.497 e. The summed E-state index contributed by atoms with van der Waals surface area (Å²) in [6, 6.07) is 13.5. The van der Waals surface area contributed by atoms with E-state index in [1.807, 2.05) is 17.8 Å². The fourth-order valence-corrected chi connectivity index (χ4v) is 5.96. The van der Waals surface area contributed by atoms with Gasteiger partial charge in [0.05, 0.1) is 19.0 Å². The summed E-state index contributed by atoms with van der Waals surface area (Å²) in [7, 11) is 5.37. The zero-order valence-electron chi connectivity index (χ0n) is 20.6. The third-order valence-corrected chi connectivity index (χ3v) is 7.78. The van der Waals surface area contributed by atoms with Crippen molar-refractivity contribution in [2.75, 3.05) is 27.3 Å². The van der Waals surface area contributed by atoms with Crippen LogP contribution in [-0.4, -0.2) is 53.7 Å². The Morgan fingerprint density at radius 1 is 1.00 bits per heavy atom. The Hall–Kier alpha value is -2.86. The maximum absolute atomic E-state index is 5.38. The number of benzene rings is 2. The molecule has 1 atom stereocenters. The van der Waals surface area contributed by atoms with Gasteiger partial charge in [-0.2, -0.15) is 5.10 Å². The molecule has 0 N–H and O–H groups in total. The Kier molecular flexibility index (Phi) is 6.86. The fourth-order valence-electron chi connectivity index (χ4n) is 5.96. The summed E-state index contributed by atoms with van der Waals surface area (Å²) < 4.78 is 7.31. The van der Waals surface area contributed by atoms with E-state index in [-0.39, 0.29) is 0 Å². The summed E-state index contributed by atoms with van der Waals surface area (Å²) in [5.41, 5.74) is 3.64. The Morgan fingerprint density at radius 2 is 1.79 bits per heavy atom. The molecule has 0 bridgehead atoms. The molecule has 1 unspecified atom stereocenters. The number of hydrogen-bond acceptors (Lipinski definition) is 5. The van der Waals surface area contributed by atoms with Gasteiger partial charge in [0.1, 0.15) is 12.9 Å². The second kappa shape index (κ2) is 10.2. The Labute approximate surface area is 202 Å². The van der Waals surface area contributed by atoms with E-state index < -0.39 is 0 Å². The van der Waals surface area contributed by atoms with Gasteiger partial charge in [-0.15, -0.1) is 0 Å². The lowest BCUT2D eigenvalue weighted by atomic mass is 9.80. The Bertz CT molecular complexity index is 1150. The molecule has 6 nitrogen and oxygen atoms in total. The quantitative estimate of drug-likeness (QED) is 0.367. The summed E-state index contributed by atoms with van der Waals surface area (Å²) >= 11 is 0. The van der Waals surface area contributed by atoms with Crippen molar-refractivity contribution in [2.45, 2.75) is 50.5 Å². The maximum atomic E-state index is 5.38. The van der Waals surface area contributed by atoms with Crippen LogP contribution in [0.3, 0.4) is 0 Å². The molecular formula is C28H36N4O2. The number of fused-ring (bicyclic) bond motifs is 1. The van der Waals surface area contributed by atoms with E-state index in [4.69, 9.17) is 9.57 Å². The smallest absolute Gasteiger partial charge is 0.119 e. The highest BCUT2D eigenvalue weighted by atomic mass is 16.6. The number of rotatable bonds is 6. The molecule has 2 aromatic carbocycles. The predicted molar refractivity (Wildman–Crippen MR) is 137 cm³/mol. The number of piperidine rings is 1. The minimum atomic E-state index is 0.389. The van der Waals surface area contributed by atoms with Crippen molar-refractivity contribution >= 4 is 16.5 Å². The average molecular weight is 461 g/mol. The van der Waals surface area contributed by atoms with Gasteiger partial charge in [0.15, 0.2) is 0 Å². The van der Waals surface area contributed by atoms with E-state index in [1.165, 1.54) is 55.0 Å². The highest BCUT2D eigenvalue weighted by Gasteiger charge is 2.32. The van der Waals surface area contributed by atoms with Gasteiger partial charge in [-0.25, -0.2) is 0 Å². The number of aryl methyl sites for hydroxylation is 1. The second-order valence-electron chi connectivity index (χ2n) is 9.87. The van der Waals surface area contributed by atoms with Gasteiger partial charge in [0.25, 0.3) is 0 Å². The van der Waals surface area contributed by atoms with Crippen LogP contribution in [0.15, 0.2) is 53.9 Å². The summed E-state index contributed by atoms with van der Waals surface area (Å²) in [4.78, 5) is 8.07. The molecule has 0 radical (unpaired) electrons. The van der Waals surface area contributed by atoms with Crippen LogP contribution in [0.2, 0.25) is 0 Å². The van der Waals surface area contributed by atoms with Gasteiger partial charge < -0.3 is 9.57 Å². The number of nitrogens with zero attached hydrogens (tertiary/aromatic N) is 4. The highest BCUT2D eigenvalue weighted by Crippen LogP contribution is 2.36. The van der Waals surface area contributed by atoms with Crippen LogP contribution < -0.4 is 4.74 Å². The van der Waals surface area contributed by atoms with E-state index in [2.05, 4.69) is 57.9 Å². The fraction of sp³-hybridized carbons (Fsp3) is 0.500. The average Bonchev–Trinajstić information content (AvgIpc) is 3.33. The van der Waals surface area contributed by atoms with Gasteiger partial charge in [-0.05, 0) is 85.5 Å². The first-order valence-electron chi connectivity index (χ1n) is 12.6. The molecule has 1 aromatic heterocycles. The van der Waals surface area contributed by atoms with Crippen LogP contribution in [0.1, 0.15) is 55.6 Å². The van der Waals surface area contributed by atoms with Crippen molar-refractivity contribution in [3.8, 4) is 5.75 Å². The minimum absolute atomic E-state index is 0.389. The Balaban J connectivity index is 1.28. The molecule has 0 amide bonds. The third kappa shape index (κ3) is 4.83. The lowest BCUT2D eigenvalue weighted by Gasteiger charge is -2.41. The normalized spacial score (nSPS) is 24.3. The number of oxime groups is 1. The molecule has 1 saturated heterocycles. The monoisotopic (exact) mass is 460 g/mol. The van der Waals surface area contributed by atoms with Crippen molar-refractivity contribution in [1.29, 1.82) is 0 Å². The summed E-state index contributed by atoms with van der Waals surface area (Å²) in [5, 5.41) is 11.3. The number of methoxy groups -OCH3 is 1. The van der Waals surface area contributed by atoms with Gasteiger partial charge in [-0.1, -0.05) is 23.4 Å². The van der Waals surface area contributed by atoms with Crippen LogP contribution in [0.4, 0.5) is 0 Å². The number of aromatic nitrogens is 2. The summed E-state index contributed by atoms with van der Waals surface area (Å²) in [6.07, 6.45) is 11.6. The van der Waals surface area contributed by atoms with Gasteiger partial charge in [-0.3, -0.25) is 9.58 Å². The van der Waals surface area contributed by atoms with E-state index in [1.54, 1.807) is 14.2 Å². The number of hydrogen-bond donors (Lipinski definition) is 0. The first-order chi connectivity index (χ1) is 16.6. The van der Waals surface area contributed by atoms with Crippen molar-refractivity contribution in [3.05, 3.63) is 59.9 Å². The van der Waals surface area contributed by atoms with Crippen LogP contribution in [0.25, 0.3) is 10.8 Å². The summed E-state index contributed by atoms with van der Waals surface area (Å²) in [6.45, 7) is 2.25. The van der Waals surface area contributed by atoms with Crippen molar-refractivity contribution in [3.63, 3.8) is 0 Å². The molecule has 34 heavy (non-hydrogen) atoms. The number of ether oxygens (including phenoxy) is 1. The molecule has 1 aliphatic heterocycles. The molecular weight excluding hydrogens is 424 g/mol. The second-order valence-corrected chi connectivity index (χ2v) is 9.87. The van der Waals surface area contributed by atoms with Crippen LogP contribution in [0.5, 0.6) is 5.75 Å². The zero-order valence-corrected chi connectivity index (χ0v) is 20.6. The Morgan fingerprint density at radius 3 is 2.53 bits per heavy atom. The lowest BCUT2D eigenvalue weighted by molar-refractivity contribution is 0.109. The third-order valence-electron chi connectivity index (χ3n) is 7.78. The van der Waals surface area contributed by atoms with Gasteiger partial charge in [0, 0.05) is 37.3 Å². The molecule has 180 valence electrons. The lowest BCUT2D eigenvalue weighted by Crippen LogP contribution is -2.46. The topological polar surface area (TPSA) is 51.9 Å². The molecule has 5 rings (SSSR count). The molecule has 1 aliphatic carbocycles. The van der Waals surface area contributed by atoms with Crippen LogP contribution >= 0.6 is 0 Å². The zero-order chi connectivity index (χ0) is 23.5. The predicted octanol–water partition coefficient (Wildman–Crippen LogP) is 5.37. The first-order valence-corrected chi connectivity index (χ1v) is 12.6. The molecule has 6 heteroatoms.